The molecule has 0 bridgehead atoms. The second-order valence-electron chi connectivity index (χ2n) is 9.67. The highest BCUT2D eigenvalue weighted by molar-refractivity contribution is 6.04. The zero-order chi connectivity index (χ0) is 30.6. The molecule has 222 valence electrons. The zero-order valence-electron chi connectivity index (χ0n) is 22.5. The Morgan fingerprint density at radius 3 is 2.47 bits per heavy atom. The average molecular weight is 594 g/mol. The van der Waals surface area contributed by atoms with E-state index in [4.69, 9.17) is 20.1 Å². The first-order valence-electron chi connectivity index (χ1n) is 13.2. The number of nitrogens with one attached hydrogen (secondary N) is 2. The molecular weight excluding hydrogens is 567 g/mol. The van der Waals surface area contributed by atoms with E-state index in [1.807, 2.05) is 35.1 Å². The van der Waals surface area contributed by atoms with Crippen LogP contribution in [0.1, 0.15) is 29.2 Å². The molecule has 1 saturated heterocycles. The Hall–Kier alpha value is -5.24. The van der Waals surface area contributed by atoms with Crippen molar-refractivity contribution < 1.29 is 32.3 Å². The first-order valence-corrected chi connectivity index (χ1v) is 13.2. The monoisotopic (exact) mass is 593 g/mol. The van der Waals surface area contributed by atoms with Crippen LogP contribution in [0.5, 0.6) is 0 Å². The van der Waals surface area contributed by atoms with Crippen LogP contribution in [-0.2, 0) is 4.79 Å². The number of nitrogens with zero attached hydrogens (tertiary/aromatic N) is 4. The molecule has 1 aliphatic heterocycles. The third-order valence-electron chi connectivity index (χ3n) is 6.69. The van der Waals surface area contributed by atoms with Gasteiger partial charge in [0.25, 0.3) is 5.91 Å². The van der Waals surface area contributed by atoms with E-state index >= 15 is 0 Å². The molecule has 5 aromatic rings. The van der Waals surface area contributed by atoms with Gasteiger partial charge in [-0.1, -0.05) is 18.2 Å². The largest absolute Gasteiger partial charge is 0.490 e. The van der Waals surface area contributed by atoms with E-state index in [0.29, 0.717) is 45.7 Å². The summed E-state index contributed by atoms with van der Waals surface area (Å²) in [6, 6.07) is 16.7. The number of aromatic nitrogens is 4. The summed E-state index contributed by atoms with van der Waals surface area (Å²) < 4.78 is 39.8. The van der Waals surface area contributed by atoms with Crippen molar-refractivity contribution in [1.29, 1.82) is 0 Å². The molecule has 1 fully saturated rings. The molecule has 4 heterocycles. The Bertz CT molecular complexity index is 1750. The van der Waals surface area contributed by atoms with Crippen molar-refractivity contribution in [2.45, 2.75) is 25.1 Å². The lowest BCUT2D eigenvalue weighted by atomic mass is 10.1. The van der Waals surface area contributed by atoms with Crippen molar-refractivity contribution in [3.63, 3.8) is 0 Å². The summed E-state index contributed by atoms with van der Waals surface area (Å²) in [6.45, 7) is 2.01. The lowest BCUT2D eigenvalue weighted by Crippen LogP contribution is -2.29. The number of hydrogen-bond acceptors (Lipinski definition) is 8. The van der Waals surface area contributed by atoms with Gasteiger partial charge in [-0.3, -0.25) is 9.48 Å². The predicted molar refractivity (Wildman–Crippen MR) is 152 cm³/mol. The SMILES string of the molecule is Nc1ncc(-c2cnn(C3CCNCC3)c2)cc1-c1nc2ccc(NC(=O)c3ccccc3)cc2o1.O=C(O)C(F)(F)F. The number of benzene rings is 2. The first kappa shape index (κ1) is 29.3. The molecule has 11 nitrogen and oxygen atoms in total. The average Bonchev–Trinajstić information content (AvgIpc) is 3.66. The lowest BCUT2D eigenvalue weighted by Gasteiger charge is -2.22. The number of pyridine rings is 1. The van der Waals surface area contributed by atoms with E-state index in [0.717, 1.165) is 37.1 Å². The molecular formula is C29H26F3N7O4. The van der Waals surface area contributed by atoms with Crippen LogP contribution in [0.3, 0.4) is 0 Å². The van der Waals surface area contributed by atoms with Crippen molar-refractivity contribution in [3.8, 4) is 22.6 Å². The summed E-state index contributed by atoms with van der Waals surface area (Å²) in [6.07, 6.45) is 2.68. The summed E-state index contributed by atoms with van der Waals surface area (Å²) in [4.78, 5) is 30.4. The van der Waals surface area contributed by atoms with Crippen molar-refractivity contribution in [2.75, 3.05) is 24.1 Å². The normalized spacial score (nSPS) is 13.7. The highest BCUT2D eigenvalue weighted by Gasteiger charge is 2.38. The zero-order valence-corrected chi connectivity index (χ0v) is 22.5. The number of carbonyl (C=O) groups excluding carboxylic acids is 1. The van der Waals surface area contributed by atoms with Crippen LogP contribution in [0.15, 0.2) is 77.6 Å². The van der Waals surface area contributed by atoms with Gasteiger partial charge in [0.1, 0.15) is 11.3 Å². The van der Waals surface area contributed by atoms with Crippen molar-refractivity contribution in [1.82, 2.24) is 25.1 Å². The Morgan fingerprint density at radius 1 is 1.05 bits per heavy atom. The first-order chi connectivity index (χ1) is 20.6. The quantitative estimate of drug-likeness (QED) is 0.216. The van der Waals surface area contributed by atoms with E-state index in [1.54, 1.807) is 36.5 Å². The highest BCUT2D eigenvalue weighted by atomic mass is 19.4. The Balaban J connectivity index is 0.000000472. The third-order valence-corrected chi connectivity index (χ3v) is 6.69. The number of carboxylic acid groups (broad SMARTS) is 1. The van der Waals surface area contributed by atoms with Gasteiger partial charge in [0.15, 0.2) is 5.58 Å². The van der Waals surface area contributed by atoms with Gasteiger partial charge < -0.3 is 25.9 Å². The maximum absolute atomic E-state index is 12.5. The van der Waals surface area contributed by atoms with Crippen LogP contribution in [0.2, 0.25) is 0 Å². The topological polar surface area (TPSA) is 161 Å². The number of rotatable bonds is 5. The van der Waals surface area contributed by atoms with Crippen LogP contribution in [0.25, 0.3) is 33.7 Å². The van der Waals surface area contributed by atoms with Crippen molar-refractivity contribution in [2.24, 2.45) is 0 Å². The van der Waals surface area contributed by atoms with E-state index in [-0.39, 0.29) is 5.91 Å². The van der Waals surface area contributed by atoms with Crippen molar-refractivity contribution in [3.05, 3.63) is 78.8 Å². The molecule has 43 heavy (non-hydrogen) atoms. The number of carboxylic acids is 1. The maximum atomic E-state index is 12.5. The molecule has 0 radical (unpaired) electrons. The van der Waals surface area contributed by atoms with Gasteiger partial charge in [0.05, 0.1) is 17.8 Å². The Kier molecular flexibility index (Phi) is 8.39. The third kappa shape index (κ3) is 6.98. The van der Waals surface area contributed by atoms with Gasteiger partial charge >= 0.3 is 12.1 Å². The fourth-order valence-corrected chi connectivity index (χ4v) is 4.47. The number of oxazole rings is 1. The molecule has 3 aromatic heterocycles. The molecule has 0 saturated carbocycles. The molecule has 2 aromatic carbocycles. The predicted octanol–water partition coefficient (Wildman–Crippen LogP) is 5.15. The molecule has 1 aliphatic rings. The Morgan fingerprint density at radius 2 is 1.77 bits per heavy atom. The van der Waals surface area contributed by atoms with E-state index in [1.165, 1.54) is 0 Å². The van der Waals surface area contributed by atoms with Gasteiger partial charge in [-0.2, -0.15) is 18.3 Å². The minimum Gasteiger partial charge on any atom is -0.475 e. The van der Waals surface area contributed by atoms with Gasteiger partial charge in [-0.15, -0.1) is 0 Å². The number of fused-ring (bicyclic) bond motifs is 1. The van der Waals surface area contributed by atoms with Crippen LogP contribution in [0, 0.1) is 0 Å². The number of amides is 1. The number of anilines is 2. The second-order valence-corrected chi connectivity index (χ2v) is 9.67. The number of nitrogens with two attached hydrogens (primary N) is 1. The highest BCUT2D eigenvalue weighted by Crippen LogP contribution is 2.32. The number of hydrogen-bond donors (Lipinski definition) is 4. The van der Waals surface area contributed by atoms with E-state index in [9.17, 15) is 18.0 Å². The smallest absolute Gasteiger partial charge is 0.475 e. The number of carbonyl (C=O) groups is 2. The summed E-state index contributed by atoms with van der Waals surface area (Å²) in [5, 5.41) is 18.0. The number of aliphatic carboxylic acids is 1. The summed E-state index contributed by atoms with van der Waals surface area (Å²) in [7, 11) is 0. The van der Waals surface area contributed by atoms with E-state index < -0.39 is 12.1 Å². The maximum Gasteiger partial charge on any atom is 0.490 e. The fraction of sp³-hybridized carbons (Fsp3) is 0.207. The molecule has 5 N–H and O–H groups in total. The summed E-state index contributed by atoms with van der Waals surface area (Å²) in [5.41, 5.74) is 11.1. The minimum absolute atomic E-state index is 0.194. The molecule has 1 amide bonds. The van der Waals surface area contributed by atoms with Crippen LogP contribution in [-0.4, -0.2) is 56.0 Å². The summed E-state index contributed by atoms with van der Waals surface area (Å²) in [5.74, 6) is -2.25. The molecule has 0 unspecified atom stereocenters. The lowest BCUT2D eigenvalue weighted by molar-refractivity contribution is -0.192. The molecule has 0 spiro atoms. The second kappa shape index (κ2) is 12.3. The van der Waals surface area contributed by atoms with Gasteiger partial charge in [0.2, 0.25) is 5.89 Å². The fourth-order valence-electron chi connectivity index (χ4n) is 4.47. The number of halogens is 3. The molecule has 6 rings (SSSR count). The number of nitrogen functional groups attached to an aromatic ring is 1. The van der Waals surface area contributed by atoms with Crippen LogP contribution in [0.4, 0.5) is 24.7 Å². The van der Waals surface area contributed by atoms with Crippen LogP contribution >= 0.6 is 0 Å². The van der Waals surface area contributed by atoms with Crippen molar-refractivity contribution >= 4 is 34.5 Å². The van der Waals surface area contributed by atoms with Crippen LogP contribution < -0.4 is 16.4 Å². The summed E-state index contributed by atoms with van der Waals surface area (Å²) >= 11 is 0. The van der Waals surface area contributed by atoms with Gasteiger partial charge in [0, 0.05) is 40.8 Å². The number of alkyl halides is 3. The molecule has 0 aliphatic carbocycles. The minimum atomic E-state index is -5.08. The van der Waals surface area contributed by atoms with Gasteiger partial charge in [-0.25, -0.2) is 14.8 Å². The Labute approximate surface area is 242 Å². The van der Waals surface area contributed by atoms with E-state index in [2.05, 4.69) is 31.9 Å². The van der Waals surface area contributed by atoms with Gasteiger partial charge in [-0.05, 0) is 56.3 Å². The molecule has 0 atom stereocenters. The number of piperidine rings is 1. The standard InChI is InChI=1S/C27H25N7O2.C2HF3O2/c28-25-22(12-18(14-30-25)19-15-31-34(16-19)21-8-10-29-11-9-21)27-33-23-7-6-20(13-24(23)36-27)32-26(35)17-4-2-1-3-5-17;3-2(4,5)1(6)7/h1-7,12-16,21,29H,8-11H2,(H2,28,30)(H,32,35);(H,6,7). The molecule has 14 heteroatoms.